The van der Waals surface area contributed by atoms with Gasteiger partial charge < -0.3 is 9.84 Å². The molecule has 0 aliphatic carbocycles. The van der Waals surface area contributed by atoms with Gasteiger partial charge in [0.2, 0.25) is 0 Å². The van der Waals surface area contributed by atoms with Crippen LogP contribution in [0.1, 0.15) is 38.2 Å². The van der Waals surface area contributed by atoms with E-state index in [0.29, 0.717) is 0 Å². The standard InChI is InChI=1S/C18H22O5S.K/c1-2-3-4-5-8-14-11-12-17(18(13-14)24(20,21)22)23-16-10-7-6-9-15(16)19;/h6-7,9-13,19H,2-5,8H2,1H3,(H,20,21,22);/q;+1/p-1. The summed E-state index contributed by atoms with van der Waals surface area (Å²) in [6, 6.07) is 10.6. The fraction of sp³-hybridized carbons (Fsp3) is 0.333. The number of unbranched alkanes of at least 4 members (excludes halogenated alkanes) is 3. The van der Waals surface area contributed by atoms with E-state index in [9.17, 15) is 18.1 Å². The number of para-hydroxylation sites is 2. The van der Waals surface area contributed by atoms with E-state index < -0.39 is 10.1 Å². The van der Waals surface area contributed by atoms with Crippen LogP contribution in [0.4, 0.5) is 0 Å². The zero-order chi connectivity index (χ0) is 17.6. The molecular weight excluding hydrogens is 367 g/mol. The molecule has 0 fully saturated rings. The minimum atomic E-state index is -4.45. The van der Waals surface area contributed by atoms with Crippen LogP contribution < -0.4 is 61.2 Å². The number of rotatable bonds is 8. The van der Waals surface area contributed by atoms with E-state index in [1.807, 2.05) is 0 Å². The van der Waals surface area contributed by atoms with Gasteiger partial charge in [-0.3, -0.25) is 4.55 Å². The van der Waals surface area contributed by atoms with Crippen LogP contribution in [-0.4, -0.2) is 13.0 Å². The molecule has 0 aliphatic rings. The van der Waals surface area contributed by atoms with Gasteiger partial charge in [0.05, 0.1) is 0 Å². The van der Waals surface area contributed by atoms with Crippen LogP contribution in [0, 0.1) is 0 Å². The Morgan fingerprint density at radius 1 is 1.04 bits per heavy atom. The van der Waals surface area contributed by atoms with E-state index in [2.05, 4.69) is 6.92 Å². The quantitative estimate of drug-likeness (QED) is 0.413. The van der Waals surface area contributed by atoms with Crippen LogP contribution in [0.3, 0.4) is 0 Å². The first-order valence-electron chi connectivity index (χ1n) is 7.96. The number of ether oxygens (including phenoxy) is 1. The normalized spacial score (nSPS) is 11.0. The summed E-state index contributed by atoms with van der Waals surface area (Å²) < 4.78 is 38.2. The maximum Gasteiger partial charge on any atom is 1.00 e. The van der Waals surface area contributed by atoms with Gasteiger partial charge in [-0.2, -0.15) is 8.42 Å². The van der Waals surface area contributed by atoms with Crippen molar-refractivity contribution in [3.8, 4) is 17.2 Å². The second kappa shape index (κ2) is 10.7. The molecule has 0 spiro atoms. The van der Waals surface area contributed by atoms with Crippen LogP contribution in [0.5, 0.6) is 17.2 Å². The minimum Gasteiger partial charge on any atom is -0.870 e. The van der Waals surface area contributed by atoms with Crippen molar-refractivity contribution in [2.24, 2.45) is 0 Å². The molecule has 5 nitrogen and oxygen atoms in total. The molecule has 130 valence electrons. The van der Waals surface area contributed by atoms with Crippen molar-refractivity contribution >= 4 is 10.1 Å². The van der Waals surface area contributed by atoms with Gasteiger partial charge in [0.15, 0.2) is 0 Å². The molecule has 0 heterocycles. The van der Waals surface area contributed by atoms with E-state index in [1.165, 1.54) is 24.3 Å². The summed E-state index contributed by atoms with van der Waals surface area (Å²) in [4.78, 5) is -0.321. The molecule has 2 aromatic carbocycles. The van der Waals surface area contributed by atoms with Crippen molar-refractivity contribution in [2.45, 2.75) is 43.9 Å². The number of benzene rings is 2. The monoisotopic (exact) mass is 388 g/mol. The van der Waals surface area contributed by atoms with Gasteiger partial charge in [0, 0.05) is 0 Å². The first-order chi connectivity index (χ1) is 11.4. The summed E-state index contributed by atoms with van der Waals surface area (Å²) >= 11 is 0. The first-order valence-corrected chi connectivity index (χ1v) is 9.40. The van der Waals surface area contributed by atoms with E-state index in [0.717, 1.165) is 37.7 Å². The van der Waals surface area contributed by atoms with Crippen LogP contribution in [0.2, 0.25) is 0 Å². The molecule has 0 atom stereocenters. The Kier molecular flexibility index (Phi) is 9.65. The van der Waals surface area contributed by atoms with E-state index >= 15 is 0 Å². The largest absolute Gasteiger partial charge is 1.00 e. The van der Waals surface area contributed by atoms with Crippen LogP contribution in [-0.2, 0) is 16.5 Å². The Labute approximate surface area is 191 Å². The van der Waals surface area contributed by atoms with Crippen molar-refractivity contribution in [3.63, 3.8) is 0 Å². The molecule has 0 saturated heterocycles. The Hall–Kier alpha value is -0.414. The Morgan fingerprint density at radius 3 is 2.40 bits per heavy atom. The molecule has 25 heavy (non-hydrogen) atoms. The molecule has 0 aromatic heterocycles. The van der Waals surface area contributed by atoms with Crippen molar-refractivity contribution < 1.29 is 74.2 Å². The van der Waals surface area contributed by atoms with Crippen LogP contribution in [0.25, 0.3) is 0 Å². The van der Waals surface area contributed by atoms with Gasteiger partial charge in [-0.1, -0.05) is 56.2 Å². The van der Waals surface area contributed by atoms with Crippen molar-refractivity contribution in [1.82, 2.24) is 0 Å². The third kappa shape index (κ3) is 7.01. The van der Waals surface area contributed by atoms with E-state index in [-0.39, 0.29) is 73.5 Å². The second-order valence-corrected chi connectivity index (χ2v) is 7.01. The predicted molar refractivity (Wildman–Crippen MR) is 90.1 cm³/mol. The number of aryl methyl sites for hydroxylation is 1. The number of hydrogen-bond donors (Lipinski definition) is 1. The van der Waals surface area contributed by atoms with Gasteiger partial charge in [0.1, 0.15) is 16.4 Å². The fourth-order valence-corrected chi connectivity index (χ4v) is 3.07. The molecular formula is C18H21KO5S. The Bertz CT molecular complexity index is 790. The van der Waals surface area contributed by atoms with E-state index in [4.69, 9.17) is 4.74 Å². The van der Waals surface area contributed by atoms with Gasteiger partial charge in [-0.05, 0) is 36.6 Å². The molecule has 7 heteroatoms. The molecule has 0 aliphatic heterocycles. The average Bonchev–Trinajstić information content (AvgIpc) is 2.54. The number of hydrogen-bond acceptors (Lipinski definition) is 4. The first kappa shape index (κ1) is 22.6. The maximum atomic E-state index is 11.7. The maximum absolute atomic E-state index is 11.7. The third-order valence-corrected chi connectivity index (χ3v) is 4.55. The SMILES string of the molecule is CCCCCCc1ccc(Oc2ccccc2[O-])c(S(=O)(=O)O)c1.[K+]. The van der Waals surface area contributed by atoms with Gasteiger partial charge in [-0.15, -0.1) is 0 Å². The van der Waals surface area contributed by atoms with Crippen molar-refractivity contribution in [2.75, 3.05) is 0 Å². The molecule has 0 saturated carbocycles. The molecule has 0 bridgehead atoms. The van der Waals surface area contributed by atoms with Crippen molar-refractivity contribution in [3.05, 3.63) is 48.0 Å². The summed E-state index contributed by atoms with van der Waals surface area (Å²) in [6.07, 6.45) is 4.99. The molecule has 2 rings (SSSR count). The molecule has 0 amide bonds. The van der Waals surface area contributed by atoms with Gasteiger partial charge in [-0.25, -0.2) is 0 Å². The minimum absolute atomic E-state index is 0. The fourth-order valence-electron chi connectivity index (χ4n) is 2.40. The zero-order valence-electron chi connectivity index (χ0n) is 14.6. The molecule has 0 unspecified atom stereocenters. The van der Waals surface area contributed by atoms with Gasteiger partial charge in [0.25, 0.3) is 10.1 Å². The van der Waals surface area contributed by atoms with Crippen LogP contribution in [0.15, 0.2) is 47.4 Å². The third-order valence-electron chi connectivity index (χ3n) is 3.67. The molecule has 2 aromatic rings. The molecule has 1 N–H and O–H groups in total. The smallest absolute Gasteiger partial charge is 0.870 e. The van der Waals surface area contributed by atoms with E-state index in [1.54, 1.807) is 18.2 Å². The second-order valence-electron chi connectivity index (χ2n) is 5.62. The summed E-state index contributed by atoms with van der Waals surface area (Å²) in [5.41, 5.74) is 0.807. The summed E-state index contributed by atoms with van der Waals surface area (Å²) in [5.74, 6) is -0.404. The Morgan fingerprint density at radius 2 is 1.76 bits per heavy atom. The van der Waals surface area contributed by atoms with Gasteiger partial charge >= 0.3 is 51.4 Å². The summed E-state index contributed by atoms with van der Waals surface area (Å²) in [7, 11) is -4.45. The predicted octanol–water partition coefficient (Wildman–Crippen LogP) is 0.926. The summed E-state index contributed by atoms with van der Waals surface area (Å²) in [5, 5.41) is 11.7. The van der Waals surface area contributed by atoms with Crippen LogP contribution >= 0.6 is 0 Å². The summed E-state index contributed by atoms with van der Waals surface area (Å²) in [6.45, 7) is 2.12. The Balaban J connectivity index is 0.00000312. The topological polar surface area (TPSA) is 86.7 Å². The van der Waals surface area contributed by atoms with Crippen molar-refractivity contribution in [1.29, 1.82) is 0 Å². The molecule has 0 radical (unpaired) electrons. The average molecular weight is 389 g/mol. The zero-order valence-corrected chi connectivity index (χ0v) is 18.5.